The van der Waals surface area contributed by atoms with Crippen LogP contribution in [0.4, 0.5) is 0 Å². The first-order valence-corrected chi connectivity index (χ1v) is 9.51. The Bertz CT molecular complexity index is 882. The van der Waals surface area contributed by atoms with Crippen LogP contribution < -0.4 is 0 Å². The maximum absolute atomic E-state index is 6.28. The highest BCUT2D eigenvalue weighted by Crippen LogP contribution is 2.33. The third-order valence-electron chi connectivity index (χ3n) is 4.81. The smallest absolute Gasteiger partial charge is 0.151 e. The minimum Gasteiger partial charge on any atom is -0.359 e. The van der Waals surface area contributed by atoms with E-state index in [1.807, 2.05) is 30.6 Å². The number of hydrogen-bond acceptors (Lipinski definition) is 4. The van der Waals surface area contributed by atoms with Crippen LogP contribution in [-0.2, 0) is 6.54 Å². The fourth-order valence-electron chi connectivity index (χ4n) is 3.54. The molecule has 134 valence electrons. The molecule has 2 aromatic heterocycles. The Morgan fingerprint density at radius 1 is 1.15 bits per heavy atom. The van der Waals surface area contributed by atoms with Crippen molar-refractivity contribution in [1.82, 2.24) is 15.0 Å². The van der Waals surface area contributed by atoms with Crippen LogP contribution in [0.5, 0.6) is 0 Å². The van der Waals surface area contributed by atoms with Gasteiger partial charge in [0.05, 0.1) is 11.6 Å². The Labute approximate surface area is 162 Å². The Kier molecular flexibility index (Phi) is 5.25. The van der Waals surface area contributed by atoms with Crippen molar-refractivity contribution in [2.45, 2.75) is 31.8 Å². The molecule has 1 aliphatic rings. The maximum atomic E-state index is 6.28. The predicted molar refractivity (Wildman–Crippen MR) is 103 cm³/mol. The Morgan fingerprint density at radius 3 is 2.88 bits per heavy atom. The molecular weight excluding hydrogens is 369 g/mol. The first-order valence-electron chi connectivity index (χ1n) is 8.76. The predicted octanol–water partition coefficient (Wildman–Crippen LogP) is 5.77. The standard InChI is InChI=1S/C20H19Cl2N3O/c21-15-6-7-17(18(22)10-15)19-11-16(26-24-19)13-25-9-2-1-5-20(25)14-4-3-8-23-12-14/h3-4,6-8,10-12,20H,1-2,5,9,13H2/t20-/m0/s1. The summed E-state index contributed by atoms with van der Waals surface area (Å²) in [5, 5.41) is 5.38. The van der Waals surface area contributed by atoms with Gasteiger partial charge in [0, 0.05) is 35.1 Å². The van der Waals surface area contributed by atoms with Gasteiger partial charge >= 0.3 is 0 Å². The molecule has 0 saturated carbocycles. The molecule has 1 aromatic carbocycles. The van der Waals surface area contributed by atoms with E-state index in [2.05, 4.69) is 21.1 Å². The lowest BCUT2D eigenvalue weighted by Gasteiger charge is -2.35. The van der Waals surface area contributed by atoms with Gasteiger partial charge in [-0.1, -0.05) is 40.8 Å². The van der Waals surface area contributed by atoms with E-state index in [0.717, 1.165) is 36.5 Å². The second-order valence-electron chi connectivity index (χ2n) is 6.57. The van der Waals surface area contributed by atoms with Gasteiger partial charge in [-0.15, -0.1) is 0 Å². The number of nitrogens with zero attached hydrogens (tertiary/aromatic N) is 3. The van der Waals surface area contributed by atoms with Crippen molar-refractivity contribution in [3.05, 3.63) is 70.2 Å². The van der Waals surface area contributed by atoms with Crippen LogP contribution in [0.3, 0.4) is 0 Å². The van der Waals surface area contributed by atoms with Crippen LogP contribution in [0.15, 0.2) is 53.3 Å². The topological polar surface area (TPSA) is 42.2 Å². The number of benzene rings is 1. The zero-order chi connectivity index (χ0) is 17.9. The van der Waals surface area contributed by atoms with E-state index in [9.17, 15) is 0 Å². The summed E-state index contributed by atoms with van der Waals surface area (Å²) < 4.78 is 5.59. The molecule has 1 fully saturated rings. The van der Waals surface area contributed by atoms with Crippen LogP contribution in [0.2, 0.25) is 10.0 Å². The van der Waals surface area contributed by atoms with E-state index in [4.69, 9.17) is 27.7 Å². The van der Waals surface area contributed by atoms with Gasteiger partial charge in [0.25, 0.3) is 0 Å². The van der Waals surface area contributed by atoms with Crippen LogP contribution in [0.1, 0.15) is 36.6 Å². The largest absolute Gasteiger partial charge is 0.359 e. The van der Waals surface area contributed by atoms with Gasteiger partial charge in [-0.05, 0) is 49.2 Å². The van der Waals surface area contributed by atoms with Crippen molar-refractivity contribution in [2.75, 3.05) is 6.54 Å². The third kappa shape index (κ3) is 3.78. The van der Waals surface area contributed by atoms with Crippen LogP contribution in [0, 0.1) is 0 Å². The minimum atomic E-state index is 0.366. The molecule has 4 nitrogen and oxygen atoms in total. The zero-order valence-electron chi connectivity index (χ0n) is 14.2. The van der Waals surface area contributed by atoms with E-state index in [1.165, 1.54) is 18.4 Å². The summed E-state index contributed by atoms with van der Waals surface area (Å²) in [5.74, 6) is 0.835. The zero-order valence-corrected chi connectivity index (χ0v) is 15.7. The third-order valence-corrected chi connectivity index (χ3v) is 5.36. The molecule has 0 amide bonds. The Hall–Kier alpha value is -1.88. The molecule has 4 rings (SSSR count). The monoisotopic (exact) mass is 387 g/mol. The molecule has 6 heteroatoms. The normalized spacial score (nSPS) is 18.2. The average molecular weight is 388 g/mol. The molecule has 0 bridgehead atoms. The Morgan fingerprint density at radius 2 is 2.08 bits per heavy atom. The quantitative estimate of drug-likeness (QED) is 0.569. The summed E-state index contributed by atoms with van der Waals surface area (Å²) in [4.78, 5) is 6.71. The van der Waals surface area contributed by atoms with Gasteiger partial charge in [-0.25, -0.2) is 0 Å². The number of aromatic nitrogens is 2. The fraction of sp³-hybridized carbons (Fsp3) is 0.300. The van der Waals surface area contributed by atoms with E-state index in [0.29, 0.717) is 16.1 Å². The van der Waals surface area contributed by atoms with Gasteiger partial charge in [-0.2, -0.15) is 0 Å². The van der Waals surface area contributed by atoms with Crippen LogP contribution >= 0.6 is 23.2 Å². The lowest BCUT2D eigenvalue weighted by atomic mass is 9.96. The number of piperidine rings is 1. The SMILES string of the molecule is Clc1ccc(-c2cc(CN3CCCC[C@H]3c3cccnc3)on2)c(Cl)c1. The maximum Gasteiger partial charge on any atom is 0.151 e. The number of halogens is 2. The molecule has 0 unspecified atom stereocenters. The molecule has 1 atom stereocenters. The number of hydrogen-bond donors (Lipinski definition) is 0. The van der Waals surface area contributed by atoms with Crippen LogP contribution in [0.25, 0.3) is 11.3 Å². The summed E-state index contributed by atoms with van der Waals surface area (Å²) in [7, 11) is 0. The van der Waals surface area contributed by atoms with Crippen LogP contribution in [-0.4, -0.2) is 21.6 Å². The minimum absolute atomic E-state index is 0.366. The van der Waals surface area contributed by atoms with Crippen molar-refractivity contribution < 1.29 is 4.52 Å². The summed E-state index contributed by atoms with van der Waals surface area (Å²) in [5.41, 5.74) is 2.82. The van der Waals surface area contributed by atoms with Gasteiger partial charge < -0.3 is 4.52 Å². The molecule has 0 aliphatic carbocycles. The molecule has 0 N–H and O–H groups in total. The Balaban J connectivity index is 1.54. The number of rotatable bonds is 4. The van der Waals surface area contributed by atoms with Crippen molar-refractivity contribution in [3.8, 4) is 11.3 Å². The van der Waals surface area contributed by atoms with Crippen molar-refractivity contribution in [1.29, 1.82) is 0 Å². The number of likely N-dealkylation sites (tertiary alicyclic amines) is 1. The summed E-state index contributed by atoms with van der Waals surface area (Å²) in [6.07, 6.45) is 7.34. The first kappa shape index (κ1) is 17.5. The van der Waals surface area contributed by atoms with Crippen molar-refractivity contribution in [2.24, 2.45) is 0 Å². The van der Waals surface area contributed by atoms with Crippen molar-refractivity contribution in [3.63, 3.8) is 0 Å². The molecule has 26 heavy (non-hydrogen) atoms. The summed E-state index contributed by atoms with van der Waals surface area (Å²) >= 11 is 12.3. The second kappa shape index (κ2) is 7.78. The fourth-order valence-corrected chi connectivity index (χ4v) is 4.05. The highest BCUT2D eigenvalue weighted by Gasteiger charge is 2.25. The lowest BCUT2D eigenvalue weighted by molar-refractivity contribution is 0.126. The first-order chi connectivity index (χ1) is 12.7. The summed E-state index contributed by atoms with van der Waals surface area (Å²) in [6, 6.07) is 11.9. The highest BCUT2D eigenvalue weighted by atomic mass is 35.5. The summed E-state index contributed by atoms with van der Waals surface area (Å²) in [6.45, 7) is 1.76. The molecule has 1 aliphatic heterocycles. The molecule has 1 saturated heterocycles. The van der Waals surface area contributed by atoms with E-state index in [-0.39, 0.29) is 0 Å². The van der Waals surface area contributed by atoms with Gasteiger partial charge in [-0.3, -0.25) is 9.88 Å². The van der Waals surface area contributed by atoms with Crippen molar-refractivity contribution >= 4 is 23.2 Å². The van der Waals surface area contributed by atoms with Gasteiger partial charge in [0.1, 0.15) is 5.69 Å². The molecule has 3 heterocycles. The molecule has 3 aromatic rings. The average Bonchev–Trinajstić information content (AvgIpc) is 3.11. The van der Waals surface area contributed by atoms with E-state index >= 15 is 0 Å². The second-order valence-corrected chi connectivity index (χ2v) is 7.41. The van der Waals surface area contributed by atoms with E-state index in [1.54, 1.807) is 12.1 Å². The highest BCUT2D eigenvalue weighted by molar-refractivity contribution is 6.36. The van der Waals surface area contributed by atoms with E-state index < -0.39 is 0 Å². The number of pyridine rings is 1. The van der Waals surface area contributed by atoms with Gasteiger partial charge in [0.2, 0.25) is 0 Å². The molecule has 0 radical (unpaired) electrons. The molecule has 0 spiro atoms. The molecular formula is C20H19Cl2N3O. The van der Waals surface area contributed by atoms with Gasteiger partial charge in [0.15, 0.2) is 5.76 Å². The lowest BCUT2D eigenvalue weighted by Crippen LogP contribution is -2.32.